The Balaban J connectivity index is 1.72. The summed E-state index contributed by atoms with van der Waals surface area (Å²) in [7, 11) is 0. The fourth-order valence-electron chi connectivity index (χ4n) is 2.53. The SMILES string of the molecule is Fc1ccc2c(c1)CC(NC(=S)c1cc(Cl)cc(Cl)n1)C2. The maximum Gasteiger partial charge on any atom is 0.131 e. The summed E-state index contributed by atoms with van der Waals surface area (Å²) < 4.78 is 13.2. The van der Waals surface area contributed by atoms with Gasteiger partial charge in [0.05, 0.1) is 0 Å². The zero-order valence-corrected chi connectivity index (χ0v) is 13.2. The van der Waals surface area contributed by atoms with Crippen molar-refractivity contribution in [3.05, 3.63) is 63.1 Å². The first-order chi connectivity index (χ1) is 10.0. The van der Waals surface area contributed by atoms with E-state index in [0.717, 1.165) is 24.0 Å². The third-order valence-electron chi connectivity index (χ3n) is 3.43. The Labute approximate surface area is 137 Å². The summed E-state index contributed by atoms with van der Waals surface area (Å²) in [5.41, 5.74) is 2.71. The fraction of sp³-hybridized carbons (Fsp3) is 0.200. The molecule has 1 aromatic heterocycles. The van der Waals surface area contributed by atoms with Crippen LogP contribution in [0, 0.1) is 5.82 Å². The highest BCUT2D eigenvalue weighted by Crippen LogP contribution is 2.23. The van der Waals surface area contributed by atoms with Crippen LogP contribution in [0.4, 0.5) is 4.39 Å². The summed E-state index contributed by atoms with van der Waals surface area (Å²) in [4.78, 5) is 4.65. The number of hydrogen-bond acceptors (Lipinski definition) is 2. The quantitative estimate of drug-likeness (QED) is 0.661. The Morgan fingerprint density at radius 1 is 1.19 bits per heavy atom. The predicted octanol–water partition coefficient (Wildman–Crippen LogP) is 3.96. The Bertz CT molecular complexity index is 701. The van der Waals surface area contributed by atoms with Crippen molar-refractivity contribution in [1.82, 2.24) is 10.3 Å². The number of halogens is 3. The van der Waals surface area contributed by atoms with Gasteiger partial charge >= 0.3 is 0 Å². The summed E-state index contributed by atoms with van der Waals surface area (Å²) in [5.74, 6) is -0.208. The Morgan fingerprint density at radius 3 is 2.71 bits per heavy atom. The van der Waals surface area contributed by atoms with Gasteiger partial charge < -0.3 is 5.32 Å². The lowest BCUT2D eigenvalue weighted by molar-refractivity contribution is 0.624. The van der Waals surface area contributed by atoms with Crippen LogP contribution in [0.1, 0.15) is 16.8 Å². The van der Waals surface area contributed by atoms with Gasteiger partial charge in [-0.15, -0.1) is 0 Å². The summed E-state index contributed by atoms with van der Waals surface area (Å²) in [6, 6.07) is 8.25. The molecule has 1 aliphatic carbocycles. The molecule has 21 heavy (non-hydrogen) atoms. The first kappa shape index (κ1) is 14.7. The van der Waals surface area contributed by atoms with Gasteiger partial charge in [-0.3, -0.25) is 0 Å². The van der Waals surface area contributed by atoms with E-state index in [2.05, 4.69) is 10.3 Å². The number of fused-ring (bicyclic) bond motifs is 1. The van der Waals surface area contributed by atoms with Crippen LogP contribution >= 0.6 is 35.4 Å². The molecular weight excluding hydrogens is 330 g/mol. The zero-order valence-electron chi connectivity index (χ0n) is 10.9. The molecule has 2 nitrogen and oxygen atoms in total. The highest BCUT2D eigenvalue weighted by atomic mass is 35.5. The van der Waals surface area contributed by atoms with Crippen molar-refractivity contribution in [3.63, 3.8) is 0 Å². The van der Waals surface area contributed by atoms with E-state index in [1.165, 1.54) is 6.07 Å². The predicted molar refractivity (Wildman–Crippen MR) is 86.7 cm³/mol. The molecule has 1 aromatic carbocycles. The van der Waals surface area contributed by atoms with Gasteiger partial charge in [-0.25, -0.2) is 9.37 Å². The van der Waals surface area contributed by atoms with Gasteiger partial charge in [-0.1, -0.05) is 41.5 Å². The average molecular weight is 341 g/mol. The second-order valence-electron chi connectivity index (χ2n) is 4.98. The zero-order chi connectivity index (χ0) is 15.0. The van der Waals surface area contributed by atoms with Gasteiger partial charge in [0.2, 0.25) is 0 Å². The number of aromatic nitrogens is 1. The molecule has 0 saturated carbocycles. The van der Waals surface area contributed by atoms with Crippen molar-refractivity contribution < 1.29 is 4.39 Å². The van der Waals surface area contributed by atoms with Crippen molar-refractivity contribution >= 4 is 40.4 Å². The monoisotopic (exact) mass is 340 g/mol. The topological polar surface area (TPSA) is 24.9 Å². The number of thiocarbonyl (C=S) groups is 1. The largest absolute Gasteiger partial charge is 0.371 e. The van der Waals surface area contributed by atoms with Gasteiger partial charge in [-0.05, 0) is 48.2 Å². The van der Waals surface area contributed by atoms with Crippen LogP contribution in [0.5, 0.6) is 0 Å². The smallest absolute Gasteiger partial charge is 0.131 e. The maximum atomic E-state index is 13.2. The minimum Gasteiger partial charge on any atom is -0.371 e. The molecule has 0 amide bonds. The molecule has 0 bridgehead atoms. The minimum absolute atomic E-state index is 0.133. The van der Waals surface area contributed by atoms with Crippen LogP contribution in [-0.4, -0.2) is 16.0 Å². The molecular formula is C15H11Cl2FN2S. The summed E-state index contributed by atoms with van der Waals surface area (Å²) in [5, 5.41) is 4.04. The number of benzene rings is 1. The highest BCUT2D eigenvalue weighted by Gasteiger charge is 2.23. The molecule has 1 heterocycles. The standard InChI is InChI=1S/C15H11Cl2FN2S/c16-10-6-13(20-14(17)7-10)15(21)19-12-4-8-1-2-11(18)3-9(8)5-12/h1-3,6-7,12H,4-5H2,(H,19,21). The van der Waals surface area contributed by atoms with Crippen LogP contribution in [0.25, 0.3) is 0 Å². The summed E-state index contributed by atoms with van der Waals surface area (Å²) >= 11 is 17.2. The first-order valence-corrected chi connectivity index (χ1v) is 7.59. The van der Waals surface area contributed by atoms with E-state index < -0.39 is 0 Å². The first-order valence-electron chi connectivity index (χ1n) is 6.42. The van der Waals surface area contributed by atoms with E-state index in [1.807, 2.05) is 6.07 Å². The van der Waals surface area contributed by atoms with Gasteiger partial charge in [0.25, 0.3) is 0 Å². The van der Waals surface area contributed by atoms with Crippen molar-refractivity contribution in [2.45, 2.75) is 18.9 Å². The second kappa shape index (κ2) is 5.87. The maximum absolute atomic E-state index is 13.2. The van der Waals surface area contributed by atoms with Gasteiger partial charge in [0, 0.05) is 11.1 Å². The lowest BCUT2D eigenvalue weighted by Crippen LogP contribution is -2.35. The number of nitrogens with zero attached hydrogens (tertiary/aromatic N) is 1. The molecule has 6 heteroatoms. The van der Waals surface area contributed by atoms with Crippen molar-refractivity contribution in [2.75, 3.05) is 0 Å². The van der Waals surface area contributed by atoms with Crippen LogP contribution in [0.2, 0.25) is 10.2 Å². The van der Waals surface area contributed by atoms with E-state index in [0.29, 0.717) is 20.9 Å². The van der Waals surface area contributed by atoms with Crippen LogP contribution in [0.15, 0.2) is 30.3 Å². The highest BCUT2D eigenvalue weighted by molar-refractivity contribution is 7.80. The van der Waals surface area contributed by atoms with E-state index in [4.69, 9.17) is 35.4 Å². The molecule has 1 N–H and O–H groups in total. The molecule has 0 spiro atoms. The van der Waals surface area contributed by atoms with Crippen molar-refractivity contribution in [1.29, 1.82) is 0 Å². The molecule has 0 radical (unpaired) electrons. The number of hydrogen-bond donors (Lipinski definition) is 1. The van der Waals surface area contributed by atoms with Crippen molar-refractivity contribution in [3.8, 4) is 0 Å². The Kier molecular flexibility index (Phi) is 4.11. The number of pyridine rings is 1. The van der Waals surface area contributed by atoms with Crippen LogP contribution in [-0.2, 0) is 12.8 Å². The average Bonchev–Trinajstić information content (AvgIpc) is 2.78. The van der Waals surface area contributed by atoms with Gasteiger partial charge in [0.15, 0.2) is 0 Å². The molecule has 2 aromatic rings. The van der Waals surface area contributed by atoms with E-state index >= 15 is 0 Å². The molecule has 0 fully saturated rings. The van der Waals surface area contributed by atoms with Gasteiger partial charge in [0.1, 0.15) is 21.7 Å². The third kappa shape index (κ3) is 3.34. The Morgan fingerprint density at radius 2 is 1.95 bits per heavy atom. The second-order valence-corrected chi connectivity index (χ2v) is 6.22. The number of rotatable bonds is 2. The summed E-state index contributed by atoms with van der Waals surface area (Å²) in [6.45, 7) is 0. The molecule has 1 aliphatic rings. The lowest BCUT2D eigenvalue weighted by atomic mass is 10.1. The van der Waals surface area contributed by atoms with E-state index in [-0.39, 0.29) is 11.9 Å². The van der Waals surface area contributed by atoms with Crippen LogP contribution < -0.4 is 5.32 Å². The van der Waals surface area contributed by atoms with E-state index in [1.54, 1.807) is 18.2 Å². The minimum atomic E-state index is -0.208. The number of nitrogens with one attached hydrogen (secondary N) is 1. The third-order valence-corrected chi connectivity index (χ3v) is 4.17. The van der Waals surface area contributed by atoms with Crippen LogP contribution in [0.3, 0.4) is 0 Å². The molecule has 0 saturated heterocycles. The molecule has 1 atom stereocenters. The molecule has 0 aliphatic heterocycles. The Hall–Kier alpha value is -1.23. The molecule has 1 unspecified atom stereocenters. The normalized spacial score (nSPS) is 16.6. The molecule has 108 valence electrons. The molecule has 3 rings (SSSR count). The summed E-state index contributed by atoms with van der Waals surface area (Å²) in [6.07, 6.45) is 1.55. The van der Waals surface area contributed by atoms with E-state index in [9.17, 15) is 4.39 Å². The fourth-order valence-corrected chi connectivity index (χ4v) is 3.27. The van der Waals surface area contributed by atoms with Gasteiger partial charge in [-0.2, -0.15) is 0 Å². The lowest BCUT2D eigenvalue weighted by Gasteiger charge is -2.14. The van der Waals surface area contributed by atoms with Crippen molar-refractivity contribution in [2.24, 2.45) is 0 Å².